The van der Waals surface area contributed by atoms with Crippen molar-refractivity contribution in [1.82, 2.24) is 14.6 Å². The second kappa shape index (κ2) is 7.44. The number of carbonyl (C=O) groups is 1. The fourth-order valence-corrected chi connectivity index (χ4v) is 5.00. The summed E-state index contributed by atoms with van der Waals surface area (Å²) in [6.45, 7) is 4.08. The Hall–Kier alpha value is -2.19. The molecule has 1 amide bonds. The smallest absolute Gasteiger partial charge is 0.275 e. The van der Waals surface area contributed by atoms with E-state index in [9.17, 15) is 9.59 Å². The fraction of sp³-hybridized carbons (Fsp3) is 0.368. The summed E-state index contributed by atoms with van der Waals surface area (Å²) in [5.41, 5.74) is 2.77. The van der Waals surface area contributed by atoms with Crippen molar-refractivity contribution in [3.8, 4) is 0 Å². The molecule has 0 fully saturated rings. The molecular formula is C19H20N4O2S2. The third-order valence-corrected chi connectivity index (χ3v) is 6.60. The summed E-state index contributed by atoms with van der Waals surface area (Å²) < 4.78 is 1.35. The zero-order valence-corrected chi connectivity index (χ0v) is 16.8. The molecule has 6 nitrogen and oxygen atoms in total. The molecule has 0 spiro atoms. The monoisotopic (exact) mass is 400 g/mol. The lowest BCUT2D eigenvalue weighted by molar-refractivity contribution is -0.116. The van der Waals surface area contributed by atoms with Crippen molar-refractivity contribution in [1.29, 1.82) is 0 Å². The topological polar surface area (TPSA) is 67.6 Å². The number of amides is 1. The van der Waals surface area contributed by atoms with E-state index in [0.717, 1.165) is 23.5 Å². The Balaban J connectivity index is 1.43. The number of thioether (sulfide) groups is 1. The highest BCUT2D eigenvalue weighted by Crippen LogP contribution is 2.32. The van der Waals surface area contributed by atoms with Gasteiger partial charge in [-0.05, 0) is 31.4 Å². The summed E-state index contributed by atoms with van der Waals surface area (Å²) in [4.78, 5) is 32.0. The number of aryl methyl sites for hydroxylation is 1. The van der Waals surface area contributed by atoms with Gasteiger partial charge in [-0.3, -0.25) is 9.59 Å². The van der Waals surface area contributed by atoms with Crippen LogP contribution in [0.15, 0.2) is 35.1 Å². The largest absolute Gasteiger partial charge is 0.308 e. The van der Waals surface area contributed by atoms with Gasteiger partial charge in [0, 0.05) is 23.5 Å². The van der Waals surface area contributed by atoms with Crippen molar-refractivity contribution in [3.63, 3.8) is 0 Å². The van der Waals surface area contributed by atoms with Crippen LogP contribution in [0, 0.1) is 0 Å². The van der Waals surface area contributed by atoms with Gasteiger partial charge in [-0.2, -0.15) is 9.61 Å². The van der Waals surface area contributed by atoms with Gasteiger partial charge in [-0.1, -0.05) is 36.5 Å². The van der Waals surface area contributed by atoms with E-state index in [1.165, 1.54) is 39.2 Å². The Bertz CT molecular complexity index is 1060. The van der Waals surface area contributed by atoms with E-state index in [-0.39, 0.29) is 17.5 Å². The minimum Gasteiger partial charge on any atom is -0.308 e. The van der Waals surface area contributed by atoms with Crippen LogP contribution in [0.2, 0.25) is 0 Å². The maximum absolute atomic E-state index is 12.7. The zero-order valence-electron chi connectivity index (χ0n) is 15.2. The number of benzene rings is 1. The first-order valence-corrected chi connectivity index (χ1v) is 10.9. The summed E-state index contributed by atoms with van der Waals surface area (Å²) in [5, 5.41) is 5.14. The summed E-state index contributed by atoms with van der Waals surface area (Å²) in [6.07, 6.45) is 1.67. The number of rotatable bonds is 5. The quantitative estimate of drug-likeness (QED) is 0.659. The molecule has 0 radical (unpaired) electrons. The van der Waals surface area contributed by atoms with Gasteiger partial charge in [0.25, 0.3) is 5.56 Å². The first-order valence-electron chi connectivity index (χ1n) is 8.93. The van der Waals surface area contributed by atoms with Gasteiger partial charge in [0.15, 0.2) is 0 Å². The van der Waals surface area contributed by atoms with Crippen molar-refractivity contribution >= 4 is 39.7 Å². The van der Waals surface area contributed by atoms with Gasteiger partial charge in [0.1, 0.15) is 5.01 Å². The zero-order chi connectivity index (χ0) is 19.0. The van der Waals surface area contributed by atoms with Crippen molar-refractivity contribution in [2.45, 2.75) is 38.5 Å². The average Bonchev–Trinajstić information content (AvgIpc) is 3.21. The molecule has 4 rings (SSSR count). The lowest BCUT2D eigenvalue weighted by Gasteiger charge is -2.22. The second-order valence-corrected chi connectivity index (χ2v) is 8.59. The Labute approximate surface area is 165 Å². The van der Waals surface area contributed by atoms with E-state index in [1.54, 1.807) is 0 Å². The SMILES string of the molecule is CCc1nn2c(=O)cc(CSCC(=O)N3c4ccccc4C[C@@H]3C)nc2s1. The molecule has 0 N–H and O–H groups in total. The van der Waals surface area contributed by atoms with Crippen molar-refractivity contribution < 1.29 is 4.79 Å². The fourth-order valence-electron chi connectivity index (χ4n) is 3.37. The third kappa shape index (κ3) is 3.51. The lowest BCUT2D eigenvalue weighted by Crippen LogP contribution is -2.37. The van der Waals surface area contributed by atoms with Gasteiger partial charge in [0.05, 0.1) is 11.4 Å². The van der Waals surface area contributed by atoms with Crippen molar-refractivity contribution in [3.05, 3.63) is 57.0 Å². The molecule has 140 valence electrons. The number of para-hydroxylation sites is 1. The highest BCUT2D eigenvalue weighted by molar-refractivity contribution is 7.99. The molecule has 0 unspecified atom stereocenters. The number of nitrogens with zero attached hydrogens (tertiary/aromatic N) is 4. The molecule has 1 atom stereocenters. The van der Waals surface area contributed by atoms with Gasteiger partial charge in [-0.25, -0.2) is 4.98 Å². The van der Waals surface area contributed by atoms with Crippen LogP contribution < -0.4 is 10.5 Å². The number of hydrogen-bond donors (Lipinski definition) is 0. The standard InChI is InChI=1S/C19H20N4O2S2/c1-3-16-21-23-17(24)9-14(20-19(23)27-16)10-26-11-18(25)22-12(2)8-13-6-4-5-7-15(13)22/h4-7,9,12H,3,8,10-11H2,1-2H3/t12-/m0/s1. The molecule has 8 heteroatoms. The number of carbonyl (C=O) groups excluding carboxylic acids is 1. The molecule has 27 heavy (non-hydrogen) atoms. The Morgan fingerprint density at radius 3 is 3.00 bits per heavy atom. The number of fused-ring (bicyclic) bond motifs is 2. The van der Waals surface area contributed by atoms with E-state index in [4.69, 9.17) is 0 Å². The van der Waals surface area contributed by atoms with Crippen LogP contribution in [0.25, 0.3) is 4.96 Å². The highest BCUT2D eigenvalue weighted by atomic mass is 32.2. The summed E-state index contributed by atoms with van der Waals surface area (Å²) >= 11 is 2.92. The molecule has 1 aliphatic heterocycles. The predicted octanol–water partition coefficient (Wildman–Crippen LogP) is 2.92. The van der Waals surface area contributed by atoms with Gasteiger partial charge in [-0.15, -0.1) is 11.8 Å². The molecule has 0 saturated carbocycles. The Morgan fingerprint density at radius 2 is 2.19 bits per heavy atom. The minimum absolute atomic E-state index is 0.0984. The molecule has 0 saturated heterocycles. The molecule has 0 aliphatic carbocycles. The van der Waals surface area contributed by atoms with E-state index >= 15 is 0 Å². The van der Waals surface area contributed by atoms with Gasteiger partial charge in [0.2, 0.25) is 10.9 Å². The summed E-state index contributed by atoms with van der Waals surface area (Å²) in [7, 11) is 0. The molecule has 1 aliphatic rings. The number of aromatic nitrogens is 3. The molecular weight excluding hydrogens is 380 g/mol. The van der Waals surface area contributed by atoms with Crippen LogP contribution in [0.4, 0.5) is 5.69 Å². The van der Waals surface area contributed by atoms with Gasteiger partial charge >= 0.3 is 0 Å². The van der Waals surface area contributed by atoms with Gasteiger partial charge < -0.3 is 4.90 Å². The number of anilines is 1. The van der Waals surface area contributed by atoms with E-state index in [0.29, 0.717) is 22.2 Å². The maximum Gasteiger partial charge on any atom is 0.275 e. The molecule has 0 bridgehead atoms. The van der Waals surface area contributed by atoms with Crippen molar-refractivity contribution in [2.24, 2.45) is 0 Å². The average molecular weight is 401 g/mol. The molecule has 3 aromatic rings. The van der Waals surface area contributed by atoms with Crippen molar-refractivity contribution in [2.75, 3.05) is 10.7 Å². The summed E-state index contributed by atoms with van der Waals surface area (Å²) in [5.74, 6) is 0.991. The molecule has 1 aromatic carbocycles. The van der Waals surface area contributed by atoms with Crippen LogP contribution in [0.5, 0.6) is 0 Å². The highest BCUT2D eigenvalue weighted by Gasteiger charge is 2.30. The van der Waals surface area contributed by atoms with E-state index in [1.807, 2.05) is 30.0 Å². The lowest BCUT2D eigenvalue weighted by atomic mass is 10.1. The first-order chi connectivity index (χ1) is 13.1. The maximum atomic E-state index is 12.7. The second-order valence-electron chi connectivity index (χ2n) is 6.57. The van der Waals surface area contributed by atoms with Crippen LogP contribution in [-0.4, -0.2) is 32.3 Å². The number of hydrogen-bond acceptors (Lipinski definition) is 6. The predicted molar refractivity (Wildman–Crippen MR) is 110 cm³/mol. The Morgan fingerprint density at radius 1 is 1.37 bits per heavy atom. The Kier molecular flexibility index (Phi) is 5.01. The van der Waals surface area contributed by atoms with Crippen LogP contribution in [0.3, 0.4) is 0 Å². The normalized spacial score (nSPS) is 16.1. The van der Waals surface area contributed by atoms with Crippen LogP contribution in [-0.2, 0) is 23.4 Å². The van der Waals surface area contributed by atoms with E-state index in [2.05, 4.69) is 23.1 Å². The first kappa shape index (κ1) is 18.2. The van der Waals surface area contributed by atoms with Crippen LogP contribution in [0.1, 0.15) is 30.1 Å². The molecule has 2 aromatic heterocycles. The molecule has 3 heterocycles. The van der Waals surface area contributed by atoms with E-state index < -0.39 is 0 Å². The minimum atomic E-state index is -0.167. The third-order valence-electron chi connectivity index (χ3n) is 4.59. The summed E-state index contributed by atoms with van der Waals surface area (Å²) in [6, 6.07) is 9.76. The van der Waals surface area contributed by atoms with Crippen LogP contribution >= 0.6 is 23.1 Å².